The van der Waals surface area contributed by atoms with Crippen LogP contribution in [0.3, 0.4) is 0 Å². The minimum atomic E-state index is 0.328. The van der Waals surface area contributed by atoms with E-state index in [9.17, 15) is 0 Å². The monoisotopic (exact) mass is 277 g/mol. The summed E-state index contributed by atoms with van der Waals surface area (Å²) < 4.78 is 5.62. The third-order valence-electron chi connectivity index (χ3n) is 2.85. The van der Waals surface area contributed by atoms with Crippen molar-refractivity contribution in [3.63, 3.8) is 0 Å². The molecule has 0 aliphatic heterocycles. The van der Waals surface area contributed by atoms with Gasteiger partial charge in [-0.1, -0.05) is 11.6 Å². The average molecular weight is 278 g/mol. The van der Waals surface area contributed by atoms with Gasteiger partial charge in [0.1, 0.15) is 12.4 Å². The maximum atomic E-state index is 5.81. The van der Waals surface area contributed by atoms with E-state index in [2.05, 4.69) is 9.97 Å². The lowest BCUT2D eigenvalue weighted by molar-refractivity contribution is 0.295. The standard InChI is InChI=1S/C14H16ClN3O/c1-9-13(7-16)10(2)18-14(17-9)8-19-12-5-3-11(15)4-6-12/h3-6H,7-8,16H2,1-2H3. The Bertz CT molecular complexity index is 546. The third kappa shape index (κ3) is 3.43. The Labute approximate surface area is 117 Å². The molecular weight excluding hydrogens is 262 g/mol. The first-order valence-corrected chi connectivity index (χ1v) is 6.39. The highest BCUT2D eigenvalue weighted by molar-refractivity contribution is 6.30. The van der Waals surface area contributed by atoms with Gasteiger partial charge in [-0.25, -0.2) is 9.97 Å². The molecular formula is C14H16ClN3O. The van der Waals surface area contributed by atoms with Crippen molar-refractivity contribution < 1.29 is 4.74 Å². The Morgan fingerprint density at radius 1 is 1.11 bits per heavy atom. The van der Waals surface area contributed by atoms with Gasteiger partial charge in [-0.05, 0) is 38.1 Å². The molecule has 0 saturated carbocycles. The van der Waals surface area contributed by atoms with E-state index >= 15 is 0 Å². The molecule has 0 unspecified atom stereocenters. The minimum Gasteiger partial charge on any atom is -0.486 e. The molecule has 1 aromatic carbocycles. The normalized spacial score (nSPS) is 10.5. The van der Waals surface area contributed by atoms with Gasteiger partial charge in [0.2, 0.25) is 0 Å². The van der Waals surface area contributed by atoms with Crippen molar-refractivity contribution in [3.8, 4) is 5.75 Å². The van der Waals surface area contributed by atoms with Gasteiger partial charge in [-0.15, -0.1) is 0 Å². The zero-order valence-corrected chi connectivity index (χ0v) is 11.7. The molecule has 1 aromatic heterocycles. The van der Waals surface area contributed by atoms with Crippen molar-refractivity contribution >= 4 is 11.6 Å². The van der Waals surface area contributed by atoms with Crippen molar-refractivity contribution in [1.82, 2.24) is 9.97 Å². The zero-order valence-electron chi connectivity index (χ0n) is 11.0. The van der Waals surface area contributed by atoms with Crippen molar-refractivity contribution in [1.29, 1.82) is 0 Å². The number of rotatable bonds is 4. The van der Waals surface area contributed by atoms with E-state index in [0.717, 1.165) is 22.7 Å². The fourth-order valence-electron chi connectivity index (χ4n) is 1.85. The maximum absolute atomic E-state index is 5.81. The van der Waals surface area contributed by atoms with E-state index in [1.54, 1.807) is 12.1 Å². The lowest BCUT2D eigenvalue weighted by Gasteiger charge is -2.10. The van der Waals surface area contributed by atoms with Gasteiger partial charge in [-0.2, -0.15) is 0 Å². The topological polar surface area (TPSA) is 61.0 Å². The molecule has 2 aromatic rings. The summed E-state index contributed by atoms with van der Waals surface area (Å²) in [5.74, 6) is 1.40. The second kappa shape index (κ2) is 5.99. The quantitative estimate of drug-likeness (QED) is 0.933. The molecule has 0 aliphatic carbocycles. The number of hydrogen-bond donors (Lipinski definition) is 1. The first kappa shape index (κ1) is 13.8. The summed E-state index contributed by atoms with van der Waals surface area (Å²) in [5.41, 5.74) is 8.47. The van der Waals surface area contributed by atoms with Gasteiger partial charge in [0.25, 0.3) is 0 Å². The van der Waals surface area contributed by atoms with Crippen LogP contribution < -0.4 is 10.5 Å². The van der Waals surface area contributed by atoms with E-state index in [0.29, 0.717) is 24.0 Å². The van der Waals surface area contributed by atoms with E-state index < -0.39 is 0 Å². The van der Waals surface area contributed by atoms with E-state index in [-0.39, 0.29) is 0 Å². The van der Waals surface area contributed by atoms with Crippen LogP contribution in [0.5, 0.6) is 5.75 Å². The number of aryl methyl sites for hydroxylation is 2. The highest BCUT2D eigenvalue weighted by Gasteiger charge is 2.07. The SMILES string of the molecule is Cc1nc(COc2ccc(Cl)cc2)nc(C)c1CN. The van der Waals surface area contributed by atoms with Crippen molar-refractivity contribution in [3.05, 3.63) is 52.1 Å². The van der Waals surface area contributed by atoms with Crippen LogP contribution in [-0.2, 0) is 13.2 Å². The molecule has 4 nitrogen and oxygen atoms in total. The molecule has 0 saturated heterocycles. The molecule has 0 spiro atoms. The number of halogens is 1. The molecule has 0 aliphatic rings. The third-order valence-corrected chi connectivity index (χ3v) is 3.10. The molecule has 19 heavy (non-hydrogen) atoms. The maximum Gasteiger partial charge on any atom is 0.166 e. The molecule has 0 amide bonds. The molecule has 5 heteroatoms. The summed E-state index contributed by atoms with van der Waals surface area (Å²) in [6.07, 6.45) is 0. The predicted octanol–water partition coefficient (Wildman–Crippen LogP) is 2.78. The van der Waals surface area contributed by atoms with Gasteiger partial charge in [0.15, 0.2) is 5.82 Å². The fraction of sp³-hybridized carbons (Fsp3) is 0.286. The van der Waals surface area contributed by atoms with Crippen LogP contribution in [0.1, 0.15) is 22.8 Å². The lowest BCUT2D eigenvalue weighted by atomic mass is 10.2. The van der Waals surface area contributed by atoms with Crippen LogP contribution in [0.15, 0.2) is 24.3 Å². The van der Waals surface area contributed by atoms with Crippen LogP contribution in [0, 0.1) is 13.8 Å². The summed E-state index contributed by atoms with van der Waals surface area (Å²) in [6.45, 7) is 4.65. The fourth-order valence-corrected chi connectivity index (χ4v) is 1.97. The first-order valence-electron chi connectivity index (χ1n) is 6.01. The molecule has 0 bridgehead atoms. The second-order valence-corrected chi connectivity index (χ2v) is 4.67. The highest BCUT2D eigenvalue weighted by Crippen LogP contribution is 2.17. The number of nitrogens with zero attached hydrogens (tertiary/aromatic N) is 2. The Morgan fingerprint density at radius 3 is 2.21 bits per heavy atom. The van der Waals surface area contributed by atoms with Crippen LogP contribution in [0.4, 0.5) is 0 Å². The number of ether oxygens (including phenoxy) is 1. The second-order valence-electron chi connectivity index (χ2n) is 4.24. The van der Waals surface area contributed by atoms with Crippen LogP contribution in [-0.4, -0.2) is 9.97 Å². The first-order chi connectivity index (χ1) is 9.10. The van der Waals surface area contributed by atoms with Crippen molar-refractivity contribution in [2.45, 2.75) is 27.0 Å². The van der Waals surface area contributed by atoms with Crippen molar-refractivity contribution in [2.75, 3.05) is 0 Å². The van der Waals surface area contributed by atoms with E-state index in [1.165, 1.54) is 0 Å². The molecule has 0 atom stereocenters. The predicted molar refractivity (Wildman–Crippen MR) is 75.2 cm³/mol. The highest BCUT2D eigenvalue weighted by atomic mass is 35.5. The van der Waals surface area contributed by atoms with Gasteiger partial charge in [-0.3, -0.25) is 0 Å². The van der Waals surface area contributed by atoms with Gasteiger partial charge < -0.3 is 10.5 Å². The summed E-state index contributed by atoms with van der Waals surface area (Å²) in [5, 5.41) is 0.683. The summed E-state index contributed by atoms with van der Waals surface area (Å²) in [6, 6.07) is 7.20. The summed E-state index contributed by atoms with van der Waals surface area (Å²) >= 11 is 5.81. The largest absolute Gasteiger partial charge is 0.486 e. The van der Waals surface area contributed by atoms with Crippen LogP contribution >= 0.6 is 11.6 Å². The Morgan fingerprint density at radius 2 is 1.68 bits per heavy atom. The molecule has 2 N–H and O–H groups in total. The summed E-state index contributed by atoms with van der Waals surface area (Å²) in [4.78, 5) is 8.79. The van der Waals surface area contributed by atoms with Crippen molar-refractivity contribution in [2.24, 2.45) is 5.73 Å². The lowest BCUT2D eigenvalue weighted by Crippen LogP contribution is -2.10. The Kier molecular flexibility index (Phi) is 4.35. The number of benzene rings is 1. The summed E-state index contributed by atoms with van der Waals surface area (Å²) in [7, 11) is 0. The smallest absolute Gasteiger partial charge is 0.166 e. The van der Waals surface area contributed by atoms with Gasteiger partial charge >= 0.3 is 0 Å². The van der Waals surface area contributed by atoms with E-state index in [1.807, 2.05) is 26.0 Å². The molecule has 0 radical (unpaired) electrons. The molecule has 2 rings (SSSR count). The Hall–Kier alpha value is -1.65. The Balaban J connectivity index is 2.09. The average Bonchev–Trinajstić information content (AvgIpc) is 2.38. The zero-order chi connectivity index (χ0) is 13.8. The van der Waals surface area contributed by atoms with Crippen LogP contribution in [0.2, 0.25) is 5.02 Å². The van der Waals surface area contributed by atoms with Gasteiger partial charge in [0, 0.05) is 28.5 Å². The molecule has 100 valence electrons. The number of aromatic nitrogens is 2. The molecule has 0 fully saturated rings. The van der Waals surface area contributed by atoms with Crippen LogP contribution in [0.25, 0.3) is 0 Å². The van der Waals surface area contributed by atoms with E-state index in [4.69, 9.17) is 22.1 Å². The van der Waals surface area contributed by atoms with Gasteiger partial charge in [0.05, 0.1) is 0 Å². The number of nitrogens with two attached hydrogens (primary N) is 1. The molecule has 1 heterocycles. The minimum absolute atomic E-state index is 0.328. The number of hydrogen-bond acceptors (Lipinski definition) is 4.